The van der Waals surface area contributed by atoms with Crippen LogP contribution in [0.4, 0.5) is 0 Å². The van der Waals surface area contributed by atoms with Crippen LogP contribution in [-0.2, 0) is 4.79 Å². The maximum Gasteiger partial charge on any atom is 0.224 e. The number of nitrogens with one attached hydrogen (secondary N) is 2. The second-order valence-electron chi connectivity index (χ2n) is 6.78. The van der Waals surface area contributed by atoms with Crippen molar-refractivity contribution in [1.82, 2.24) is 10.6 Å². The molecule has 0 aromatic rings. The average molecular weight is 238 g/mol. The van der Waals surface area contributed by atoms with Gasteiger partial charge in [0.15, 0.2) is 0 Å². The predicted octanol–water partition coefficient (Wildman–Crippen LogP) is 1.78. The summed E-state index contributed by atoms with van der Waals surface area (Å²) in [5.41, 5.74) is 0.732. The molecule has 1 saturated carbocycles. The van der Waals surface area contributed by atoms with E-state index in [1.54, 1.807) is 0 Å². The topological polar surface area (TPSA) is 41.1 Å². The van der Waals surface area contributed by atoms with Crippen LogP contribution in [0, 0.1) is 22.7 Å². The van der Waals surface area contributed by atoms with Crippen LogP contribution in [0.1, 0.15) is 40.5 Å². The second kappa shape index (κ2) is 4.27. The summed E-state index contributed by atoms with van der Waals surface area (Å²) in [7, 11) is 0. The average Bonchev–Trinajstić information content (AvgIpc) is 2.68. The highest BCUT2D eigenvalue weighted by Gasteiger charge is 2.64. The first kappa shape index (κ1) is 12.9. The molecule has 1 heterocycles. The summed E-state index contributed by atoms with van der Waals surface area (Å²) in [4.78, 5) is 12.0. The first-order chi connectivity index (χ1) is 7.87. The molecule has 3 nitrogen and oxygen atoms in total. The first-order valence-electron chi connectivity index (χ1n) is 6.86. The molecule has 2 aliphatic rings. The normalized spacial score (nSPS) is 30.9. The van der Waals surface area contributed by atoms with Crippen molar-refractivity contribution in [2.45, 2.75) is 40.5 Å². The molecule has 2 rings (SSSR count). The van der Waals surface area contributed by atoms with Gasteiger partial charge in [0.25, 0.3) is 0 Å². The van der Waals surface area contributed by atoms with Crippen molar-refractivity contribution in [3.05, 3.63) is 0 Å². The molecular formula is C14H26N2O. The molecular weight excluding hydrogens is 212 g/mol. The fourth-order valence-electron chi connectivity index (χ4n) is 3.27. The molecule has 2 fully saturated rings. The zero-order chi connectivity index (χ0) is 12.7. The Morgan fingerprint density at radius 3 is 2.41 bits per heavy atom. The minimum Gasteiger partial charge on any atom is -0.356 e. The largest absolute Gasteiger partial charge is 0.356 e. The smallest absolute Gasteiger partial charge is 0.224 e. The lowest BCUT2D eigenvalue weighted by molar-refractivity contribution is -0.125. The molecule has 1 amide bonds. The molecule has 0 aromatic carbocycles. The van der Waals surface area contributed by atoms with Gasteiger partial charge in [-0.25, -0.2) is 0 Å². The van der Waals surface area contributed by atoms with Crippen LogP contribution in [0.2, 0.25) is 0 Å². The third kappa shape index (κ3) is 2.22. The number of hydrogen-bond donors (Lipinski definition) is 2. The maximum absolute atomic E-state index is 12.0. The van der Waals surface area contributed by atoms with E-state index in [2.05, 4.69) is 38.3 Å². The Morgan fingerprint density at radius 1 is 1.29 bits per heavy atom. The van der Waals surface area contributed by atoms with Crippen LogP contribution >= 0.6 is 0 Å². The Kier molecular flexibility index (Phi) is 3.23. The van der Waals surface area contributed by atoms with Gasteiger partial charge in [-0.1, -0.05) is 27.7 Å². The molecule has 0 bridgehead atoms. The van der Waals surface area contributed by atoms with E-state index in [4.69, 9.17) is 0 Å². The maximum atomic E-state index is 12.0. The van der Waals surface area contributed by atoms with Crippen molar-refractivity contribution >= 4 is 5.91 Å². The van der Waals surface area contributed by atoms with Crippen LogP contribution < -0.4 is 10.6 Å². The summed E-state index contributed by atoms with van der Waals surface area (Å²) in [6, 6.07) is 0. The van der Waals surface area contributed by atoms with Crippen molar-refractivity contribution in [2.24, 2.45) is 22.7 Å². The van der Waals surface area contributed by atoms with Gasteiger partial charge in [0.05, 0.1) is 5.92 Å². The summed E-state index contributed by atoms with van der Waals surface area (Å²) in [6.07, 6.45) is 2.16. The number of amides is 1. The third-order valence-electron chi connectivity index (χ3n) is 5.47. The fourth-order valence-corrected chi connectivity index (χ4v) is 3.27. The van der Waals surface area contributed by atoms with Gasteiger partial charge in [-0.3, -0.25) is 4.79 Å². The lowest BCUT2D eigenvalue weighted by Gasteiger charge is -2.22. The Bertz CT molecular complexity index is 289. The number of piperidine rings is 1. The molecule has 98 valence electrons. The zero-order valence-electron chi connectivity index (χ0n) is 11.6. The molecule has 0 radical (unpaired) electrons. The monoisotopic (exact) mass is 238 g/mol. The molecule has 17 heavy (non-hydrogen) atoms. The molecule has 0 aromatic heterocycles. The minimum absolute atomic E-state index is 0.189. The molecule has 0 unspecified atom stereocenters. The highest BCUT2D eigenvalue weighted by Crippen LogP contribution is 2.67. The molecule has 3 heteroatoms. The van der Waals surface area contributed by atoms with Crippen molar-refractivity contribution < 1.29 is 4.79 Å². The summed E-state index contributed by atoms with van der Waals surface area (Å²) in [5.74, 6) is 1.06. The highest BCUT2D eigenvalue weighted by molar-refractivity contribution is 5.79. The van der Waals surface area contributed by atoms with Gasteiger partial charge in [-0.15, -0.1) is 0 Å². The van der Waals surface area contributed by atoms with Gasteiger partial charge >= 0.3 is 0 Å². The Labute approximate surface area is 105 Å². The molecule has 1 atom stereocenters. The minimum atomic E-state index is 0.189. The number of hydrogen-bond acceptors (Lipinski definition) is 2. The third-order valence-corrected chi connectivity index (χ3v) is 5.47. The molecule has 1 saturated heterocycles. The lowest BCUT2D eigenvalue weighted by Crippen LogP contribution is -2.41. The van der Waals surface area contributed by atoms with Gasteiger partial charge in [0.1, 0.15) is 0 Å². The quantitative estimate of drug-likeness (QED) is 0.787. The second-order valence-corrected chi connectivity index (χ2v) is 6.78. The molecule has 2 N–H and O–H groups in total. The van der Waals surface area contributed by atoms with E-state index < -0.39 is 0 Å². The van der Waals surface area contributed by atoms with Gasteiger partial charge in [-0.05, 0) is 36.1 Å². The lowest BCUT2D eigenvalue weighted by atomic mass is 9.99. The van der Waals surface area contributed by atoms with Gasteiger partial charge < -0.3 is 10.6 Å². The highest BCUT2D eigenvalue weighted by atomic mass is 16.1. The van der Waals surface area contributed by atoms with Gasteiger partial charge in [-0.2, -0.15) is 0 Å². The summed E-state index contributed by atoms with van der Waals surface area (Å²) in [6.45, 7) is 11.9. The molecule has 0 spiro atoms. The summed E-state index contributed by atoms with van der Waals surface area (Å²) < 4.78 is 0. The van der Waals surface area contributed by atoms with E-state index in [-0.39, 0.29) is 11.8 Å². The van der Waals surface area contributed by atoms with Crippen molar-refractivity contribution in [2.75, 3.05) is 19.6 Å². The van der Waals surface area contributed by atoms with Crippen LogP contribution in [-0.4, -0.2) is 25.5 Å². The van der Waals surface area contributed by atoms with Gasteiger partial charge in [0.2, 0.25) is 5.91 Å². The number of carbonyl (C=O) groups is 1. The predicted molar refractivity (Wildman–Crippen MR) is 69.7 cm³/mol. The molecule has 1 aliphatic heterocycles. The van der Waals surface area contributed by atoms with E-state index in [1.165, 1.54) is 0 Å². The van der Waals surface area contributed by atoms with E-state index in [0.717, 1.165) is 32.5 Å². The SMILES string of the molecule is CC1(C)C(CNC(=O)[C@H]2CCCNC2)C1(C)C. The summed E-state index contributed by atoms with van der Waals surface area (Å²) >= 11 is 0. The van der Waals surface area contributed by atoms with E-state index in [9.17, 15) is 4.79 Å². The van der Waals surface area contributed by atoms with Crippen LogP contribution in [0.5, 0.6) is 0 Å². The number of rotatable bonds is 3. The van der Waals surface area contributed by atoms with Crippen molar-refractivity contribution in [3.8, 4) is 0 Å². The molecule has 1 aliphatic carbocycles. The fraction of sp³-hybridized carbons (Fsp3) is 0.929. The van der Waals surface area contributed by atoms with Crippen LogP contribution in [0.25, 0.3) is 0 Å². The zero-order valence-corrected chi connectivity index (χ0v) is 11.6. The summed E-state index contributed by atoms with van der Waals surface area (Å²) in [5, 5.41) is 6.44. The standard InChI is InChI=1S/C14H26N2O/c1-13(2)11(14(13,3)4)9-16-12(17)10-6-5-7-15-8-10/h10-11,15H,5-9H2,1-4H3,(H,16,17)/t10-/m0/s1. The van der Waals surface area contributed by atoms with Crippen LogP contribution in [0.15, 0.2) is 0 Å². The van der Waals surface area contributed by atoms with Crippen molar-refractivity contribution in [1.29, 1.82) is 0 Å². The number of carbonyl (C=O) groups excluding carboxylic acids is 1. The van der Waals surface area contributed by atoms with Gasteiger partial charge in [0, 0.05) is 13.1 Å². The van der Waals surface area contributed by atoms with Crippen molar-refractivity contribution in [3.63, 3.8) is 0 Å². The van der Waals surface area contributed by atoms with E-state index >= 15 is 0 Å². The Balaban J connectivity index is 1.78. The Morgan fingerprint density at radius 2 is 1.94 bits per heavy atom. The van der Waals surface area contributed by atoms with Crippen LogP contribution in [0.3, 0.4) is 0 Å². The van der Waals surface area contributed by atoms with E-state index in [0.29, 0.717) is 16.7 Å². The first-order valence-corrected chi connectivity index (χ1v) is 6.86. The Hall–Kier alpha value is -0.570. The van der Waals surface area contributed by atoms with E-state index in [1.807, 2.05) is 0 Å².